The molecule has 0 saturated carbocycles. The molecule has 1 saturated heterocycles. The summed E-state index contributed by atoms with van der Waals surface area (Å²) >= 11 is 7.65. The monoisotopic (exact) mass is 392 g/mol. The zero-order valence-corrected chi connectivity index (χ0v) is 16.1. The maximum absolute atomic E-state index is 13.6. The summed E-state index contributed by atoms with van der Waals surface area (Å²) in [5, 5.41) is 0.730. The van der Waals surface area contributed by atoms with Crippen molar-refractivity contribution in [3.63, 3.8) is 0 Å². The Bertz CT molecular complexity index is 750. The molecule has 26 heavy (non-hydrogen) atoms. The minimum Gasteiger partial charge on any atom is -0.368 e. The van der Waals surface area contributed by atoms with Gasteiger partial charge in [-0.2, -0.15) is 11.8 Å². The van der Waals surface area contributed by atoms with Crippen LogP contribution in [0.5, 0.6) is 0 Å². The van der Waals surface area contributed by atoms with Crippen molar-refractivity contribution in [2.24, 2.45) is 0 Å². The van der Waals surface area contributed by atoms with Gasteiger partial charge >= 0.3 is 0 Å². The number of carbonyl (C=O) groups excluding carboxylic acids is 1. The molecule has 1 aliphatic rings. The van der Waals surface area contributed by atoms with E-state index in [2.05, 4.69) is 4.90 Å². The third-order valence-electron chi connectivity index (χ3n) is 4.48. The van der Waals surface area contributed by atoms with E-state index < -0.39 is 0 Å². The van der Waals surface area contributed by atoms with Crippen molar-refractivity contribution in [2.45, 2.75) is 12.2 Å². The van der Waals surface area contributed by atoms with Crippen LogP contribution in [0.1, 0.15) is 12.0 Å². The first-order valence-electron chi connectivity index (χ1n) is 8.73. The predicted octanol–water partition coefficient (Wildman–Crippen LogP) is 4.45. The zero-order chi connectivity index (χ0) is 18.4. The number of hydrogen-bond donors (Lipinski definition) is 0. The summed E-state index contributed by atoms with van der Waals surface area (Å²) in [6, 6.07) is 14.6. The normalized spacial score (nSPS) is 14.5. The van der Waals surface area contributed by atoms with Crippen LogP contribution in [0.15, 0.2) is 48.5 Å². The first kappa shape index (κ1) is 19.1. The van der Waals surface area contributed by atoms with Crippen LogP contribution in [0.2, 0.25) is 5.02 Å². The summed E-state index contributed by atoms with van der Waals surface area (Å²) in [6.45, 7) is 3.08. The average molecular weight is 393 g/mol. The Morgan fingerprint density at radius 3 is 2.58 bits per heavy atom. The van der Waals surface area contributed by atoms with Crippen LogP contribution in [-0.2, 0) is 10.5 Å². The molecule has 0 aromatic heterocycles. The maximum Gasteiger partial charge on any atom is 0.223 e. The second-order valence-electron chi connectivity index (χ2n) is 6.24. The Labute approximate surface area is 163 Å². The number of carbonyl (C=O) groups is 1. The molecule has 0 spiro atoms. The van der Waals surface area contributed by atoms with E-state index >= 15 is 0 Å². The Morgan fingerprint density at radius 2 is 1.85 bits per heavy atom. The van der Waals surface area contributed by atoms with E-state index in [1.807, 2.05) is 35.2 Å². The third kappa shape index (κ3) is 5.15. The van der Waals surface area contributed by atoms with Crippen molar-refractivity contribution in [1.82, 2.24) is 4.90 Å². The number of benzene rings is 2. The van der Waals surface area contributed by atoms with Crippen molar-refractivity contribution in [1.29, 1.82) is 0 Å². The molecular weight excluding hydrogens is 371 g/mol. The van der Waals surface area contributed by atoms with E-state index in [4.69, 9.17) is 11.6 Å². The van der Waals surface area contributed by atoms with Crippen molar-refractivity contribution in [3.8, 4) is 0 Å². The number of nitrogens with zero attached hydrogens (tertiary/aromatic N) is 2. The molecule has 1 fully saturated rings. The molecule has 2 aromatic carbocycles. The predicted molar refractivity (Wildman–Crippen MR) is 107 cm³/mol. The quantitative estimate of drug-likeness (QED) is 0.678. The summed E-state index contributed by atoms with van der Waals surface area (Å²) in [7, 11) is 0. The summed E-state index contributed by atoms with van der Waals surface area (Å²) in [5.74, 6) is 1.31. The summed E-state index contributed by atoms with van der Waals surface area (Å²) in [4.78, 5) is 16.5. The standard InChI is InChI=1S/C20H22ClFN2OS/c21-17-5-3-6-18(14-17)23-9-11-24(12-10-23)20(25)8-13-26-15-16-4-1-2-7-19(16)22/h1-7,14H,8-13,15H2. The fourth-order valence-electron chi connectivity index (χ4n) is 3.00. The van der Waals surface area contributed by atoms with Gasteiger partial charge in [0.1, 0.15) is 5.82 Å². The molecule has 0 radical (unpaired) electrons. The van der Waals surface area contributed by atoms with Crippen molar-refractivity contribution in [2.75, 3.05) is 36.8 Å². The molecule has 0 aliphatic carbocycles. The van der Waals surface area contributed by atoms with Gasteiger partial charge in [0.05, 0.1) is 0 Å². The number of piperazine rings is 1. The Hall–Kier alpha value is -1.72. The van der Waals surface area contributed by atoms with Crippen molar-refractivity contribution in [3.05, 3.63) is 64.9 Å². The summed E-state index contributed by atoms with van der Waals surface area (Å²) in [5.41, 5.74) is 1.80. The minimum absolute atomic E-state index is 0.177. The van der Waals surface area contributed by atoms with E-state index in [0.717, 1.165) is 36.9 Å². The highest BCUT2D eigenvalue weighted by atomic mass is 35.5. The molecule has 2 aromatic rings. The first-order valence-corrected chi connectivity index (χ1v) is 10.3. The molecule has 6 heteroatoms. The van der Waals surface area contributed by atoms with E-state index in [-0.39, 0.29) is 11.7 Å². The molecule has 1 heterocycles. The lowest BCUT2D eigenvalue weighted by atomic mass is 10.2. The molecule has 1 aliphatic heterocycles. The second-order valence-corrected chi connectivity index (χ2v) is 7.78. The van der Waals surface area contributed by atoms with Crippen LogP contribution in [0.3, 0.4) is 0 Å². The van der Waals surface area contributed by atoms with Crippen LogP contribution >= 0.6 is 23.4 Å². The van der Waals surface area contributed by atoms with E-state index in [0.29, 0.717) is 23.5 Å². The number of rotatable bonds is 6. The Morgan fingerprint density at radius 1 is 1.08 bits per heavy atom. The van der Waals surface area contributed by atoms with Crippen molar-refractivity contribution < 1.29 is 9.18 Å². The van der Waals surface area contributed by atoms with Gasteiger partial charge in [0.15, 0.2) is 0 Å². The molecule has 138 valence electrons. The zero-order valence-electron chi connectivity index (χ0n) is 14.5. The maximum atomic E-state index is 13.6. The lowest BCUT2D eigenvalue weighted by Gasteiger charge is -2.36. The van der Waals surface area contributed by atoms with Crippen LogP contribution in [0.4, 0.5) is 10.1 Å². The number of halogens is 2. The van der Waals surface area contributed by atoms with E-state index in [1.165, 1.54) is 6.07 Å². The van der Waals surface area contributed by atoms with Crippen LogP contribution in [0, 0.1) is 5.82 Å². The largest absolute Gasteiger partial charge is 0.368 e. The SMILES string of the molecule is O=C(CCSCc1ccccc1F)N1CCN(c2cccc(Cl)c2)CC1. The first-order chi connectivity index (χ1) is 12.6. The Balaban J connectivity index is 1.39. The van der Waals surface area contributed by atoms with Gasteiger partial charge in [-0.25, -0.2) is 4.39 Å². The average Bonchev–Trinajstić information content (AvgIpc) is 2.66. The lowest BCUT2D eigenvalue weighted by molar-refractivity contribution is -0.131. The van der Waals surface area contributed by atoms with Gasteiger partial charge in [0, 0.05) is 54.8 Å². The number of anilines is 1. The minimum atomic E-state index is -0.177. The molecule has 0 atom stereocenters. The number of amides is 1. The fraction of sp³-hybridized carbons (Fsp3) is 0.350. The fourth-order valence-corrected chi connectivity index (χ4v) is 4.10. The van der Waals surface area contributed by atoms with E-state index in [9.17, 15) is 9.18 Å². The molecule has 1 amide bonds. The molecule has 3 rings (SSSR count). The van der Waals surface area contributed by atoms with Crippen molar-refractivity contribution >= 4 is 35.0 Å². The number of thioether (sulfide) groups is 1. The molecule has 0 N–H and O–H groups in total. The lowest BCUT2D eigenvalue weighted by Crippen LogP contribution is -2.48. The number of hydrogen-bond acceptors (Lipinski definition) is 3. The van der Waals surface area contributed by atoms with Gasteiger partial charge in [0.25, 0.3) is 0 Å². The third-order valence-corrected chi connectivity index (χ3v) is 5.72. The topological polar surface area (TPSA) is 23.6 Å². The highest BCUT2D eigenvalue weighted by molar-refractivity contribution is 7.98. The van der Waals surface area contributed by atoms with Gasteiger partial charge in [-0.15, -0.1) is 0 Å². The van der Waals surface area contributed by atoms with Gasteiger partial charge in [0.2, 0.25) is 5.91 Å². The van der Waals surface area contributed by atoms with Gasteiger partial charge in [-0.3, -0.25) is 4.79 Å². The van der Waals surface area contributed by atoms with Gasteiger partial charge in [-0.1, -0.05) is 35.9 Å². The molecule has 0 unspecified atom stereocenters. The summed E-state index contributed by atoms with van der Waals surface area (Å²) in [6.07, 6.45) is 0.496. The van der Waals surface area contributed by atoms with E-state index in [1.54, 1.807) is 23.9 Å². The Kier molecular flexibility index (Phi) is 6.80. The van der Waals surface area contributed by atoms with Crippen LogP contribution in [-0.4, -0.2) is 42.7 Å². The highest BCUT2D eigenvalue weighted by Crippen LogP contribution is 2.21. The van der Waals surface area contributed by atoms with Crippen LogP contribution in [0.25, 0.3) is 0 Å². The molecule has 3 nitrogen and oxygen atoms in total. The smallest absolute Gasteiger partial charge is 0.223 e. The van der Waals surface area contributed by atoms with Gasteiger partial charge < -0.3 is 9.80 Å². The van der Waals surface area contributed by atoms with Crippen LogP contribution < -0.4 is 4.90 Å². The summed E-state index contributed by atoms with van der Waals surface area (Å²) < 4.78 is 13.6. The molecule has 0 bridgehead atoms. The highest BCUT2D eigenvalue weighted by Gasteiger charge is 2.21. The molecular formula is C20H22ClFN2OS. The second kappa shape index (κ2) is 9.28. The van der Waals surface area contributed by atoms with Gasteiger partial charge in [-0.05, 0) is 29.8 Å².